The van der Waals surface area contributed by atoms with Gasteiger partial charge in [0.1, 0.15) is 18.0 Å². The number of hydrogen-bond donors (Lipinski definition) is 1. The van der Waals surface area contributed by atoms with E-state index in [1.807, 2.05) is 53.1 Å². The number of thiazole rings is 1. The van der Waals surface area contributed by atoms with Gasteiger partial charge in [-0.3, -0.25) is 5.32 Å². The van der Waals surface area contributed by atoms with E-state index in [1.54, 1.807) is 0 Å². The molecule has 0 aliphatic rings. The molecule has 1 aromatic heterocycles. The zero-order valence-electron chi connectivity index (χ0n) is 14.2. The number of benzene rings is 1. The fraction of sp³-hybridized carbons (Fsp3) is 0.500. The minimum atomic E-state index is -0.534. The second-order valence-corrected chi connectivity index (χ2v) is 7.46. The Labute approximate surface area is 140 Å². The van der Waals surface area contributed by atoms with Gasteiger partial charge in [-0.05, 0) is 53.1 Å². The standard InChI is InChI=1S/C16H23N3O3S/c1-16(2,3)22-15(20)18-14-17-12-7-6-11(10-13(12)23-14)21-9-8-19(4)5/h6-7,10H,8-9H2,1-5H3,(H,17,18,20). The highest BCUT2D eigenvalue weighted by Crippen LogP contribution is 2.29. The van der Waals surface area contributed by atoms with Crippen molar-refractivity contribution in [3.05, 3.63) is 18.2 Å². The molecule has 2 rings (SSSR count). The van der Waals surface area contributed by atoms with Crippen molar-refractivity contribution in [3.63, 3.8) is 0 Å². The van der Waals surface area contributed by atoms with E-state index >= 15 is 0 Å². The maximum atomic E-state index is 11.8. The number of carbonyl (C=O) groups is 1. The van der Waals surface area contributed by atoms with Gasteiger partial charge in [0, 0.05) is 6.54 Å². The Kier molecular flexibility index (Phi) is 5.43. The van der Waals surface area contributed by atoms with Crippen LogP contribution >= 0.6 is 11.3 Å². The summed E-state index contributed by atoms with van der Waals surface area (Å²) in [6.07, 6.45) is -0.501. The first kappa shape index (κ1) is 17.5. The number of carbonyl (C=O) groups excluding carboxylic acids is 1. The van der Waals surface area contributed by atoms with Gasteiger partial charge in [-0.2, -0.15) is 0 Å². The number of hydrogen-bond acceptors (Lipinski definition) is 6. The monoisotopic (exact) mass is 337 g/mol. The molecule has 0 saturated heterocycles. The van der Waals surface area contributed by atoms with Crippen LogP contribution in [0.4, 0.5) is 9.93 Å². The van der Waals surface area contributed by atoms with Crippen LogP contribution in [0.15, 0.2) is 18.2 Å². The van der Waals surface area contributed by atoms with Crippen molar-refractivity contribution in [2.75, 3.05) is 32.6 Å². The van der Waals surface area contributed by atoms with Crippen molar-refractivity contribution >= 4 is 32.8 Å². The summed E-state index contributed by atoms with van der Waals surface area (Å²) in [5.74, 6) is 0.798. The van der Waals surface area contributed by atoms with Crippen LogP contribution in [0.3, 0.4) is 0 Å². The Bertz CT molecular complexity index is 677. The molecule has 126 valence electrons. The highest BCUT2D eigenvalue weighted by Gasteiger charge is 2.17. The fourth-order valence-corrected chi connectivity index (χ4v) is 2.67. The van der Waals surface area contributed by atoms with Gasteiger partial charge in [-0.25, -0.2) is 9.78 Å². The number of ether oxygens (including phenoxy) is 2. The third kappa shape index (κ3) is 5.69. The predicted molar refractivity (Wildman–Crippen MR) is 93.5 cm³/mol. The van der Waals surface area contributed by atoms with E-state index in [4.69, 9.17) is 9.47 Å². The molecule has 0 aliphatic carbocycles. The molecule has 1 amide bonds. The van der Waals surface area contributed by atoms with Crippen molar-refractivity contribution in [1.29, 1.82) is 0 Å². The Balaban J connectivity index is 2.02. The lowest BCUT2D eigenvalue weighted by atomic mass is 10.2. The summed E-state index contributed by atoms with van der Waals surface area (Å²) in [6.45, 7) is 6.94. The quantitative estimate of drug-likeness (QED) is 0.903. The molecule has 6 nitrogen and oxygen atoms in total. The van der Waals surface area contributed by atoms with Crippen LogP contribution in [0.25, 0.3) is 10.2 Å². The molecule has 1 aromatic carbocycles. The van der Waals surface area contributed by atoms with Crippen LogP contribution in [0.5, 0.6) is 5.75 Å². The van der Waals surface area contributed by atoms with Crippen LogP contribution in [0, 0.1) is 0 Å². The normalized spacial score (nSPS) is 11.7. The summed E-state index contributed by atoms with van der Waals surface area (Å²) >= 11 is 1.39. The smallest absolute Gasteiger partial charge is 0.413 e. The first-order chi connectivity index (χ1) is 10.7. The fourth-order valence-electron chi connectivity index (χ4n) is 1.79. The minimum absolute atomic E-state index is 0.501. The lowest BCUT2D eigenvalue weighted by molar-refractivity contribution is 0.0636. The van der Waals surface area contributed by atoms with E-state index in [2.05, 4.69) is 15.2 Å². The van der Waals surface area contributed by atoms with Crippen LogP contribution < -0.4 is 10.1 Å². The van der Waals surface area contributed by atoms with Crippen LogP contribution in [0.2, 0.25) is 0 Å². The molecular formula is C16H23N3O3S. The van der Waals surface area contributed by atoms with E-state index in [1.165, 1.54) is 11.3 Å². The van der Waals surface area contributed by atoms with E-state index in [0.29, 0.717) is 11.7 Å². The molecule has 1 heterocycles. The van der Waals surface area contributed by atoms with E-state index in [-0.39, 0.29) is 0 Å². The first-order valence-corrected chi connectivity index (χ1v) is 8.23. The largest absolute Gasteiger partial charge is 0.492 e. The number of likely N-dealkylation sites (N-methyl/N-ethyl adjacent to an activating group) is 1. The summed E-state index contributed by atoms with van der Waals surface area (Å²) in [5, 5.41) is 3.18. The van der Waals surface area contributed by atoms with Gasteiger partial charge in [0.15, 0.2) is 5.13 Å². The van der Waals surface area contributed by atoms with Crippen LogP contribution in [-0.4, -0.2) is 48.8 Å². The number of fused-ring (bicyclic) bond motifs is 1. The molecule has 0 atom stereocenters. The molecule has 0 aliphatic heterocycles. The Morgan fingerprint density at radius 3 is 2.74 bits per heavy atom. The molecular weight excluding hydrogens is 314 g/mol. The zero-order valence-corrected chi connectivity index (χ0v) is 15.0. The number of nitrogens with zero attached hydrogens (tertiary/aromatic N) is 2. The van der Waals surface area contributed by atoms with Crippen molar-refractivity contribution in [2.45, 2.75) is 26.4 Å². The first-order valence-electron chi connectivity index (χ1n) is 7.41. The summed E-state index contributed by atoms with van der Waals surface area (Å²) in [6, 6.07) is 5.70. The molecule has 0 fully saturated rings. The molecule has 0 radical (unpaired) electrons. The lowest BCUT2D eigenvalue weighted by Crippen LogP contribution is -2.27. The molecule has 23 heavy (non-hydrogen) atoms. The molecule has 7 heteroatoms. The van der Waals surface area contributed by atoms with Crippen molar-refractivity contribution < 1.29 is 14.3 Å². The highest BCUT2D eigenvalue weighted by molar-refractivity contribution is 7.22. The SMILES string of the molecule is CN(C)CCOc1ccc2nc(NC(=O)OC(C)(C)C)sc2c1. The number of anilines is 1. The van der Waals surface area contributed by atoms with E-state index in [0.717, 1.165) is 22.5 Å². The summed E-state index contributed by atoms with van der Waals surface area (Å²) < 4.78 is 11.9. The average Bonchev–Trinajstić information content (AvgIpc) is 2.77. The maximum Gasteiger partial charge on any atom is 0.413 e. The lowest BCUT2D eigenvalue weighted by Gasteiger charge is -2.18. The van der Waals surface area contributed by atoms with Gasteiger partial charge < -0.3 is 14.4 Å². The zero-order chi connectivity index (χ0) is 17.0. The topological polar surface area (TPSA) is 63.7 Å². The van der Waals surface area contributed by atoms with Crippen molar-refractivity contribution in [3.8, 4) is 5.75 Å². The third-order valence-electron chi connectivity index (χ3n) is 2.78. The van der Waals surface area contributed by atoms with Gasteiger partial charge >= 0.3 is 6.09 Å². The predicted octanol–water partition coefficient (Wildman–Crippen LogP) is 3.58. The number of amides is 1. The van der Waals surface area contributed by atoms with Gasteiger partial charge in [0.2, 0.25) is 0 Å². The number of rotatable bonds is 5. The third-order valence-corrected chi connectivity index (χ3v) is 3.71. The molecule has 0 saturated carbocycles. The molecule has 1 N–H and O–H groups in total. The Morgan fingerprint density at radius 1 is 1.35 bits per heavy atom. The van der Waals surface area contributed by atoms with Crippen LogP contribution in [-0.2, 0) is 4.74 Å². The number of nitrogens with one attached hydrogen (secondary N) is 1. The van der Waals surface area contributed by atoms with Crippen LogP contribution in [0.1, 0.15) is 20.8 Å². The molecule has 2 aromatic rings. The molecule has 0 unspecified atom stereocenters. The van der Waals surface area contributed by atoms with E-state index in [9.17, 15) is 4.79 Å². The van der Waals surface area contributed by atoms with Gasteiger partial charge in [-0.1, -0.05) is 11.3 Å². The van der Waals surface area contributed by atoms with Crippen molar-refractivity contribution in [1.82, 2.24) is 9.88 Å². The Hall–Kier alpha value is -1.86. The van der Waals surface area contributed by atoms with Gasteiger partial charge in [-0.15, -0.1) is 0 Å². The van der Waals surface area contributed by atoms with Gasteiger partial charge in [0.05, 0.1) is 10.2 Å². The molecule has 0 spiro atoms. The van der Waals surface area contributed by atoms with Crippen molar-refractivity contribution in [2.24, 2.45) is 0 Å². The number of aromatic nitrogens is 1. The minimum Gasteiger partial charge on any atom is -0.492 e. The molecule has 0 bridgehead atoms. The second kappa shape index (κ2) is 7.14. The van der Waals surface area contributed by atoms with Gasteiger partial charge in [0.25, 0.3) is 0 Å². The summed E-state index contributed by atoms with van der Waals surface area (Å²) in [5.41, 5.74) is 0.287. The summed E-state index contributed by atoms with van der Waals surface area (Å²) in [7, 11) is 4.01. The second-order valence-electron chi connectivity index (χ2n) is 6.43. The average molecular weight is 337 g/mol. The summed E-state index contributed by atoms with van der Waals surface area (Å²) in [4.78, 5) is 18.2. The maximum absolute atomic E-state index is 11.8. The Morgan fingerprint density at radius 2 is 2.09 bits per heavy atom. The highest BCUT2D eigenvalue weighted by atomic mass is 32.1. The van der Waals surface area contributed by atoms with E-state index < -0.39 is 11.7 Å².